The highest BCUT2D eigenvalue weighted by Gasteiger charge is 2.18. The van der Waals surface area contributed by atoms with E-state index in [2.05, 4.69) is 27.0 Å². The van der Waals surface area contributed by atoms with Gasteiger partial charge < -0.3 is 25.1 Å². The largest absolute Gasteiger partial charge is 0.475 e. The maximum Gasteiger partial charge on any atom is 0.250 e. The summed E-state index contributed by atoms with van der Waals surface area (Å²) in [6, 6.07) is 11.6. The van der Waals surface area contributed by atoms with Crippen molar-refractivity contribution in [3.05, 3.63) is 48.2 Å². The van der Waals surface area contributed by atoms with E-state index in [4.69, 9.17) is 20.2 Å². The molecule has 1 saturated heterocycles. The first-order valence-corrected chi connectivity index (χ1v) is 10.7. The van der Waals surface area contributed by atoms with Crippen LogP contribution in [-0.4, -0.2) is 53.3 Å². The number of nitrogens with one attached hydrogen (secondary N) is 1. The van der Waals surface area contributed by atoms with E-state index < -0.39 is 5.91 Å². The number of H-pyrrole nitrogens is 1. The molecule has 8 heteroatoms. The first-order chi connectivity index (χ1) is 15.5. The van der Waals surface area contributed by atoms with Gasteiger partial charge in [0.2, 0.25) is 5.88 Å². The molecule has 0 radical (unpaired) electrons. The van der Waals surface area contributed by atoms with Crippen LogP contribution in [-0.2, 0) is 4.74 Å². The van der Waals surface area contributed by atoms with Gasteiger partial charge in [0.15, 0.2) is 0 Å². The number of hydrogen-bond donors (Lipinski definition) is 2. The van der Waals surface area contributed by atoms with Crippen LogP contribution in [0.15, 0.2) is 42.6 Å². The fourth-order valence-corrected chi connectivity index (χ4v) is 4.05. The summed E-state index contributed by atoms with van der Waals surface area (Å²) in [6.45, 7) is 7.04. The number of nitrogens with zero attached hydrogens (tertiary/aromatic N) is 3. The van der Waals surface area contributed by atoms with E-state index in [1.807, 2.05) is 26.0 Å². The van der Waals surface area contributed by atoms with Gasteiger partial charge in [0.25, 0.3) is 5.91 Å². The molecule has 1 aromatic carbocycles. The Morgan fingerprint density at radius 2 is 2.00 bits per heavy atom. The molecule has 32 heavy (non-hydrogen) atoms. The second kappa shape index (κ2) is 8.12. The van der Waals surface area contributed by atoms with Gasteiger partial charge in [-0.1, -0.05) is 0 Å². The number of fused-ring (bicyclic) bond motifs is 3. The van der Waals surface area contributed by atoms with E-state index in [9.17, 15) is 4.79 Å². The van der Waals surface area contributed by atoms with Crippen molar-refractivity contribution in [2.24, 2.45) is 5.73 Å². The monoisotopic (exact) mass is 431 g/mol. The normalized spacial score (nSPS) is 14.4. The predicted octanol–water partition coefficient (Wildman–Crippen LogP) is 3.50. The summed E-state index contributed by atoms with van der Waals surface area (Å²) < 4.78 is 11.1. The highest BCUT2D eigenvalue weighted by Crippen LogP contribution is 2.32. The zero-order chi connectivity index (χ0) is 22.2. The quantitative estimate of drug-likeness (QED) is 0.501. The molecule has 0 atom stereocenters. The van der Waals surface area contributed by atoms with Crippen molar-refractivity contribution in [2.75, 3.05) is 31.2 Å². The summed E-state index contributed by atoms with van der Waals surface area (Å²) in [5.41, 5.74) is 10.9. The summed E-state index contributed by atoms with van der Waals surface area (Å²) in [4.78, 5) is 27.1. The predicted molar refractivity (Wildman–Crippen MR) is 124 cm³/mol. The van der Waals surface area contributed by atoms with Gasteiger partial charge in [0.05, 0.1) is 47.1 Å². The van der Waals surface area contributed by atoms with E-state index in [1.54, 1.807) is 18.3 Å². The van der Waals surface area contributed by atoms with Crippen LogP contribution in [0.3, 0.4) is 0 Å². The highest BCUT2D eigenvalue weighted by molar-refractivity contribution is 6.14. The van der Waals surface area contributed by atoms with E-state index in [-0.39, 0.29) is 6.10 Å². The van der Waals surface area contributed by atoms with Gasteiger partial charge in [-0.2, -0.15) is 0 Å². The molecule has 1 fully saturated rings. The number of morpholine rings is 1. The third-order valence-electron chi connectivity index (χ3n) is 5.57. The molecule has 4 aromatic rings. The Bertz CT molecular complexity index is 1290. The summed E-state index contributed by atoms with van der Waals surface area (Å²) >= 11 is 0. The molecule has 1 aliphatic heterocycles. The van der Waals surface area contributed by atoms with Gasteiger partial charge in [0, 0.05) is 42.0 Å². The van der Waals surface area contributed by atoms with Crippen molar-refractivity contribution in [3.8, 4) is 17.1 Å². The Kier molecular flexibility index (Phi) is 5.14. The number of primary amides is 1. The van der Waals surface area contributed by atoms with Gasteiger partial charge in [-0.3, -0.25) is 4.79 Å². The van der Waals surface area contributed by atoms with Crippen LogP contribution in [0.1, 0.15) is 24.2 Å². The zero-order valence-corrected chi connectivity index (χ0v) is 18.1. The standard InChI is InChI=1S/C24H25N5O3/c1-14(2)32-21-6-3-15(13-26-21)19-12-18(24(25)30)23-22(27-19)17-5-4-16(11-20(17)28-23)29-7-9-31-10-8-29/h3-6,11-14,28H,7-10H2,1-2H3,(H2,25,30). The molecular weight excluding hydrogens is 406 g/mol. The number of benzene rings is 1. The van der Waals surface area contributed by atoms with Crippen molar-refractivity contribution in [2.45, 2.75) is 20.0 Å². The molecule has 8 nitrogen and oxygen atoms in total. The Hall–Kier alpha value is -3.65. The molecular formula is C24H25N5O3. The lowest BCUT2D eigenvalue weighted by molar-refractivity contribution is 0.100. The van der Waals surface area contributed by atoms with E-state index in [0.717, 1.165) is 48.5 Å². The molecule has 0 unspecified atom stereocenters. The smallest absolute Gasteiger partial charge is 0.250 e. The average Bonchev–Trinajstić information content (AvgIpc) is 3.17. The van der Waals surface area contributed by atoms with Crippen LogP contribution in [0.25, 0.3) is 33.2 Å². The number of amides is 1. The van der Waals surface area contributed by atoms with Crippen LogP contribution in [0.4, 0.5) is 5.69 Å². The second-order valence-electron chi connectivity index (χ2n) is 8.15. The minimum atomic E-state index is -0.508. The van der Waals surface area contributed by atoms with Gasteiger partial charge in [-0.15, -0.1) is 0 Å². The maximum absolute atomic E-state index is 12.3. The molecule has 1 aliphatic rings. The number of carbonyl (C=O) groups is 1. The molecule has 3 aromatic heterocycles. The number of aromatic nitrogens is 3. The van der Waals surface area contributed by atoms with Crippen LogP contribution in [0.5, 0.6) is 5.88 Å². The Balaban J connectivity index is 1.61. The second-order valence-corrected chi connectivity index (χ2v) is 8.15. The summed E-state index contributed by atoms with van der Waals surface area (Å²) in [6.07, 6.45) is 1.74. The minimum absolute atomic E-state index is 0.0397. The van der Waals surface area contributed by atoms with E-state index >= 15 is 0 Å². The fourth-order valence-electron chi connectivity index (χ4n) is 4.05. The lowest BCUT2D eigenvalue weighted by atomic mass is 10.1. The lowest BCUT2D eigenvalue weighted by Crippen LogP contribution is -2.36. The highest BCUT2D eigenvalue weighted by atomic mass is 16.5. The molecule has 0 bridgehead atoms. The first kappa shape index (κ1) is 20.3. The van der Waals surface area contributed by atoms with Crippen LogP contribution in [0.2, 0.25) is 0 Å². The van der Waals surface area contributed by atoms with Gasteiger partial charge in [-0.05, 0) is 44.2 Å². The number of hydrogen-bond acceptors (Lipinski definition) is 6. The Morgan fingerprint density at radius 1 is 1.19 bits per heavy atom. The summed E-state index contributed by atoms with van der Waals surface area (Å²) in [5, 5.41) is 0.939. The van der Waals surface area contributed by atoms with Crippen molar-refractivity contribution in [1.82, 2.24) is 15.0 Å². The van der Waals surface area contributed by atoms with Crippen molar-refractivity contribution >= 4 is 33.5 Å². The SMILES string of the molecule is CC(C)Oc1ccc(-c2cc(C(N)=O)c3[nH]c4cc(N5CCOCC5)ccc4c3n2)cn1. The lowest BCUT2D eigenvalue weighted by Gasteiger charge is -2.28. The number of carbonyl (C=O) groups excluding carboxylic acids is 1. The number of anilines is 1. The molecule has 4 heterocycles. The van der Waals surface area contributed by atoms with Crippen LogP contribution < -0.4 is 15.4 Å². The third kappa shape index (κ3) is 3.73. The summed E-state index contributed by atoms with van der Waals surface area (Å²) in [5.74, 6) is 0.0361. The number of ether oxygens (including phenoxy) is 2. The molecule has 5 rings (SSSR count). The van der Waals surface area contributed by atoms with Crippen LogP contribution >= 0.6 is 0 Å². The van der Waals surface area contributed by atoms with Crippen molar-refractivity contribution in [1.29, 1.82) is 0 Å². The van der Waals surface area contributed by atoms with E-state index in [1.165, 1.54) is 0 Å². The maximum atomic E-state index is 12.3. The minimum Gasteiger partial charge on any atom is -0.475 e. The number of nitrogens with two attached hydrogens (primary N) is 1. The molecule has 3 N–H and O–H groups in total. The Labute approximate surface area is 185 Å². The zero-order valence-electron chi connectivity index (χ0n) is 18.1. The third-order valence-corrected chi connectivity index (χ3v) is 5.57. The first-order valence-electron chi connectivity index (χ1n) is 10.7. The van der Waals surface area contributed by atoms with Gasteiger partial charge in [0.1, 0.15) is 0 Å². The van der Waals surface area contributed by atoms with E-state index in [0.29, 0.717) is 28.2 Å². The average molecular weight is 431 g/mol. The Morgan fingerprint density at radius 3 is 2.69 bits per heavy atom. The number of rotatable bonds is 5. The van der Waals surface area contributed by atoms with Gasteiger partial charge in [-0.25, -0.2) is 9.97 Å². The fraction of sp³-hybridized carbons (Fsp3) is 0.292. The number of aromatic amines is 1. The van der Waals surface area contributed by atoms with Gasteiger partial charge >= 0.3 is 0 Å². The molecule has 0 aliphatic carbocycles. The van der Waals surface area contributed by atoms with Crippen LogP contribution in [0, 0.1) is 0 Å². The summed E-state index contributed by atoms with van der Waals surface area (Å²) in [7, 11) is 0. The number of pyridine rings is 2. The van der Waals surface area contributed by atoms with Crippen molar-refractivity contribution < 1.29 is 14.3 Å². The molecule has 1 amide bonds. The topological polar surface area (TPSA) is 106 Å². The molecule has 0 saturated carbocycles. The molecule has 0 spiro atoms. The van der Waals surface area contributed by atoms with Crippen molar-refractivity contribution in [3.63, 3.8) is 0 Å². The molecule has 164 valence electrons.